The van der Waals surface area contributed by atoms with Crippen LogP contribution in [-0.4, -0.2) is 5.91 Å². The van der Waals surface area contributed by atoms with Crippen LogP contribution in [0.3, 0.4) is 0 Å². The van der Waals surface area contributed by atoms with E-state index >= 15 is 0 Å². The molecule has 0 aliphatic heterocycles. The number of hydrogen-bond donors (Lipinski definition) is 1. The lowest BCUT2D eigenvalue weighted by Crippen LogP contribution is -2.12. The fourth-order valence-electron chi connectivity index (χ4n) is 1.63. The molecule has 3 nitrogen and oxygen atoms in total. The van der Waals surface area contributed by atoms with Crippen LogP contribution in [0, 0.1) is 11.3 Å². The Kier molecular flexibility index (Phi) is 4.54. The summed E-state index contributed by atoms with van der Waals surface area (Å²) in [5.74, 6) is -0.446. The third-order valence-corrected chi connectivity index (χ3v) is 2.89. The molecule has 2 aromatic carbocycles. The van der Waals surface area contributed by atoms with Crippen molar-refractivity contribution in [2.45, 2.75) is 0 Å². The molecule has 0 radical (unpaired) electrons. The molecule has 0 atom stereocenters. The van der Waals surface area contributed by atoms with Crippen LogP contribution < -0.4 is 5.32 Å². The minimum atomic E-state index is -0.446. The van der Waals surface area contributed by atoms with Crippen LogP contribution >= 0.6 is 11.6 Å². The molecule has 2 aromatic rings. The number of rotatable bonds is 3. The second-order valence-corrected chi connectivity index (χ2v) is 4.42. The molecule has 0 bridgehead atoms. The SMILES string of the molecule is N#Cc1ccccc1NC(=O)/C(Cl)=C/c1ccccc1. The lowest BCUT2D eigenvalue weighted by Gasteiger charge is -2.05. The van der Waals surface area contributed by atoms with Gasteiger partial charge in [-0.1, -0.05) is 54.1 Å². The van der Waals surface area contributed by atoms with E-state index in [4.69, 9.17) is 16.9 Å². The van der Waals surface area contributed by atoms with Gasteiger partial charge in [0.25, 0.3) is 5.91 Å². The largest absolute Gasteiger partial charge is 0.320 e. The molecule has 0 heterocycles. The van der Waals surface area contributed by atoms with Crippen molar-refractivity contribution in [2.75, 3.05) is 5.32 Å². The van der Waals surface area contributed by atoms with Crippen LogP contribution in [0.4, 0.5) is 5.69 Å². The van der Waals surface area contributed by atoms with Gasteiger partial charge in [0.1, 0.15) is 11.1 Å². The summed E-state index contributed by atoms with van der Waals surface area (Å²) in [6.45, 7) is 0. The number of nitrogens with zero attached hydrogens (tertiary/aromatic N) is 1. The average Bonchev–Trinajstić information content (AvgIpc) is 2.48. The molecule has 4 heteroatoms. The molecule has 0 spiro atoms. The topological polar surface area (TPSA) is 52.9 Å². The Morgan fingerprint density at radius 3 is 2.45 bits per heavy atom. The van der Waals surface area contributed by atoms with Gasteiger partial charge >= 0.3 is 0 Å². The van der Waals surface area contributed by atoms with Gasteiger partial charge in [0.2, 0.25) is 0 Å². The van der Waals surface area contributed by atoms with E-state index in [1.165, 1.54) is 0 Å². The molecule has 0 unspecified atom stereocenters. The minimum absolute atomic E-state index is 0.0592. The molecular weight excluding hydrogens is 272 g/mol. The van der Waals surface area contributed by atoms with Gasteiger partial charge in [0, 0.05) is 0 Å². The van der Waals surface area contributed by atoms with Gasteiger partial charge in [0.05, 0.1) is 11.3 Å². The van der Waals surface area contributed by atoms with Crippen molar-refractivity contribution in [3.63, 3.8) is 0 Å². The fraction of sp³-hybridized carbons (Fsp3) is 0. The van der Waals surface area contributed by atoms with Gasteiger partial charge in [-0.2, -0.15) is 5.26 Å². The minimum Gasteiger partial charge on any atom is -0.320 e. The van der Waals surface area contributed by atoms with Crippen LogP contribution in [0.25, 0.3) is 6.08 Å². The summed E-state index contributed by atoms with van der Waals surface area (Å²) in [4.78, 5) is 12.0. The zero-order valence-corrected chi connectivity index (χ0v) is 11.3. The van der Waals surface area contributed by atoms with Crippen LogP contribution in [0.5, 0.6) is 0 Å². The van der Waals surface area contributed by atoms with Crippen molar-refractivity contribution in [2.24, 2.45) is 0 Å². The number of anilines is 1. The van der Waals surface area contributed by atoms with E-state index in [0.29, 0.717) is 11.3 Å². The van der Waals surface area contributed by atoms with Gasteiger partial charge in [-0.3, -0.25) is 4.79 Å². The van der Waals surface area contributed by atoms with E-state index in [1.54, 1.807) is 30.3 Å². The summed E-state index contributed by atoms with van der Waals surface area (Å²) in [5, 5.41) is 11.6. The maximum atomic E-state index is 12.0. The predicted molar refractivity (Wildman–Crippen MR) is 80.1 cm³/mol. The van der Waals surface area contributed by atoms with Gasteiger partial charge in [-0.05, 0) is 23.8 Å². The molecular formula is C16H11ClN2O. The fourth-order valence-corrected chi connectivity index (χ4v) is 1.81. The molecule has 0 aliphatic rings. The van der Waals surface area contributed by atoms with E-state index in [1.807, 2.05) is 36.4 Å². The van der Waals surface area contributed by atoms with E-state index in [9.17, 15) is 4.79 Å². The Bertz CT molecular complexity index is 687. The Morgan fingerprint density at radius 1 is 1.10 bits per heavy atom. The van der Waals surface area contributed by atoms with Gasteiger partial charge in [-0.15, -0.1) is 0 Å². The first-order valence-electron chi connectivity index (χ1n) is 5.93. The van der Waals surface area contributed by atoms with Crippen molar-refractivity contribution in [1.29, 1.82) is 5.26 Å². The lowest BCUT2D eigenvalue weighted by atomic mass is 10.2. The van der Waals surface area contributed by atoms with Crippen LogP contribution in [0.2, 0.25) is 0 Å². The molecule has 2 rings (SSSR count). The van der Waals surface area contributed by atoms with Crippen LogP contribution in [-0.2, 0) is 4.79 Å². The summed E-state index contributed by atoms with van der Waals surface area (Å²) in [6, 6.07) is 18.1. The lowest BCUT2D eigenvalue weighted by molar-refractivity contribution is -0.112. The average molecular weight is 283 g/mol. The Balaban J connectivity index is 2.16. The summed E-state index contributed by atoms with van der Waals surface area (Å²) < 4.78 is 0. The van der Waals surface area contributed by atoms with E-state index < -0.39 is 5.91 Å². The predicted octanol–water partition coefficient (Wildman–Crippen LogP) is 3.78. The number of benzene rings is 2. The third-order valence-electron chi connectivity index (χ3n) is 2.61. The van der Waals surface area contributed by atoms with Crippen molar-refractivity contribution in [1.82, 2.24) is 0 Å². The van der Waals surface area contributed by atoms with E-state index in [0.717, 1.165) is 5.56 Å². The van der Waals surface area contributed by atoms with Gasteiger partial charge in [0.15, 0.2) is 0 Å². The molecule has 0 aromatic heterocycles. The van der Waals surface area contributed by atoms with Crippen molar-refractivity contribution in [3.05, 3.63) is 70.8 Å². The highest BCUT2D eigenvalue weighted by atomic mass is 35.5. The number of nitriles is 1. The Labute approximate surface area is 122 Å². The zero-order valence-electron chi connectivity index (χ0n) is 10.5. The number of para-hydroxylation sites is 1. The van der Waals surface area contributed by atoms with E-state index in [-0.39, 0.29) is 5.03 Å². The van der Waals surface area contributed by atoms with Crippen LogP contribution in [0.1, 0.15) is 11.1 Å². The number of carbonyl (C=O) groups excluding carboxylic acids is 1. The maximum absolute atomic E-state index is 12.0. The molecule has 1 amide bonds. The second-order valence-electron chi connectivity index (χ2n) is 4.01. The quantitative estimate of drug-likeness (QED) is 0.871. The summed E-state index contributed by atoms with van der Waals surface area (Å²) in [7, 11) is 0. The Morgan fingerprint density at radius 2 is 1.75 bits per heavy atom. The molecule has 0 aliphatic carbocycles. The third kappa shape index (κ3) is 3.47. The van der Waals surface area contributed by atoms with Crippen LogP contribution in [0.15, 0.2) is 59.6 Å². The molecule has 20 heavy (non-hydrogen) atoms. The van der Waals surface area contributed by atoms with E-state index in [2.05, 4.69) is 5.32 Å². The first-order valence-corrected chi connectivity index (χ1v) is 6.31. The highest BCUT2D eigenvalue weighted by molar-refractivity contribution is 6.45. The van der Waals surface area contributed by atoms with Gasteiger partial charge < -0.3 is 5.32 Å². The van der Waals surface area contributed by atoms with Crippen molar-refractivity contribution in [3.8, 4) is 6.07 Å². The zero-order chi connectivity index (χ0) is 14.4. The molecule has 0 saturated carbocycles. The number of halogens is 1. The summed E-state index contributed by atoms with van der Waals surface area (Å²) in [6.07, 6.45) is 1.58. The smallest absolute Gasteiger partial charge is 0.267 e. The molecule has 1 N–H and O–H groups in total. The number of amides is 1. The number of nitrogens with one attached hydrogen (secondary N) is 1. The summed E-state index contributed by atoms with van der Waals surface area (Å²) >= 11 is 5.98. The number of carbonyl (C=O) groups is 1. The molecule has 98 valence electrons. The maximum Gasteiger partial charge on any atom is 0.267 e. The molecule has 0 saturated heterocycles. The second kappa shape index (κ2) is 6.55. The standard InChI is InChI=1S/C16H11ClN2O/c17-14(10-12-6-2-1-3-7-12)16(20)19-15-9-5-4-8-13(15)11-18/h1-10H,(H,19,20)/b14-10-. The first-order chi connectivity index (χ1) is 9.70. The Hall–Kier alpha value is -2.57. The normalized spacial score (nSPS) is 10.7. The number of hydrogen-bond acceptors (Lipinski definition) is 2. The van der Waals surface area contributed by atoms with Crippen molar-refractivity contribution < 1.29 is 4.79 Å². The van der Waals surface area contributed by atoms with Gasteiger partial charge in [-0.25, -0.2) is 0 Å². The molecule has 0 fully saturated rings. The highest BCUT2D eigenvalue weighted by Gasteiger charge is 2.09. The first kappa shape index (κ1) is 13.9. The summed E-state index contributed by atoms with van der Waals surface area (Å²) in [5.41, 5.74) is 1.67. The highest BCUT2D eigenvalue weighted by Crippen LogP contribution is 2.17. The van der Waals surface area contributed by atoms with Crippen molar-refractivity contribution >= 4 is 29.3 Å². The monoisotopic (exact) mass is 282 g/mol.